The van der Waals surface area contributed by atoms with Crippen molar-refractivity contribution in [1.82, 2.24) is 15.5 Å². The monoisotopic (exact) mass is 357 g/mol. The summed E-state index contributed by atoms with van der Waals surface area (Å²) < 4.78 is 16.9. The van der Waals surface area contributed by atoms with Gasteiger partial charge < -0.3 is 19.5 Å². The minimum absolute atomic E-state index is 0.0172. The van der Waals surface area contributed by atoms with E-state index in [2.05, 4.69) is 27.6 Å². The van der Waals surface area contributed by atoms with Crippen molar-refractivity contribution in [3.05, 3.63) is 36.0 Å². The van der Waals surface area contributed by atoms with Crippen LogP contribution in [0.2, 0.25) is 0 Å². The molecule has 140 valence electrons. The van der Waals surface area contributed by atoms with Crippen molar-refractivity contribution in [3.63, 3.8) is 0 Å². The molecular formula is C20H27N3O3. The molecule has 6 nitrogen and oxygen atoms in total. The van der Waals surface area contributed by atoms with E-state index in [0.717, 1.165) is 69.1 Å². The maximum Gasteiger partial charge on any atom is 0.118 e. The van der Waals surface area contributed by atoms with Gasteiger partial charge in [0.2, 0.25) is 0 Å². The van der Waals surface area contributed by atoms with Crippen molar-refractivity contribution in [2.24, 2.45) is 0 Å². The number of aromatic amines is 1. The van der Waals surface area contributed by atoms with Gasteiger partial charge in [-0.05, 0) is 49.9 Å². The number of nitrogens with zero attached hydrogens (tertiary/aromatic N) is 1. The molecule has 2 fully saturated rings. The number of benzene rings is 1. The van der Waals surface area contributed by atoms with Gasteiger partial charge in [-0.1, -0.05) is 0 Å². The summed E-state index contributed by atoms with van der Waals surface area (Å²) in [6, 6.07) is 8.53. The zero-order valence-electron chi connectivity index (χ0n) is 15.3. The third-order valence-corrected chi connectivity index (χ3v) is 5.57. The quantitative estimate of drug-likeness (QED) is 0.861. The smallest absolute Gasteiger partial charge is 0.118 e. The number of ether oxygens (including phenoxy) is 3. The maximum atomic E-state index is 6.14. The lowest BCUT2D eigenvalue weighted by Gasteiger charge is -2.43. The summed E-state index contributed by atoms with van der Waals surface area (Å²) in [6.07, 6.45) is 6.04. The maximum absolute atomic E-state index is 6.14. The molecule has 1 aromatic carbocycles. The molecule has 26 heavy (non-hydrogen) atoms. The van der Waals surface area contributed by atoms with Crippen LogP contribution in [0.4, 0.5) is 0 Å². The predicted molar refractivity (Wildman–Crippen MR) is 99.2 cm³/mol. The molecule has 2 N–H and O–H groups in total. The van der Waals surface area contributed by atoms with Crippen LogP contribution >= 0.6 is 0 Å². The van der Waals surface area contributed by atoms with Crippen LogP contribution in [0.15, 0.2) is 30.5 Å². The molecule has 0 unspecified atom stereocenters. The topological polar surface area (TPSA) is 68.4 Å². The van der Waals surface area contributed by atoms with Gasteiger partial charge in [-0.2, -0.15) is 5.10 Å². The summed E-state index contributed by atoms with van der Waals surface area (Å²) in [4.78, 5) is 0. The summed E-state index contributed by atoms with van der Waals surface area (Å²) in [5.74, 6) is 0.858. The number of hydrogen-bond acceptors (Lipinski definition) is 5. The van der Waals surface area contributed by atoms with Gasteiger partial charge in [0.15, 0.2) is 0 Å². The van der Waals surface area contributed by atoms with Crippen molar-refractivity contribution >= 4 is 0 Å². The van der Waals surface area contributed by atoms with E-state index in [1.807, 2.05) is 18.3 Å². The van der Waals surface area contributed by atoms with E-state index in [4.69, 9.17) is 14.2 Å². The molecule has 0 bridgehead atoms. The van der Waals surface area contributed by atoms with Crippen LogP contribution in [0, 0.1) is 0 Å². The molecule has 1 aromatic heterocycles. The Morgan fingerprint density at radius 1 is 1.23 bits per heavy atom. The minimum atomic E-state index is 0.0172. The molecule has 2 aliphatic rings. The Bertz CT molecular complexity index is 702. The van der Waals surface area contributed by atoms with Gasteiger partial charge in [-0.25, -0.2) is 0 Å². The Labute approximate surface area is 154 Å². The number of nitrogens with one attached hydrogen (secondary N) is 2. The summed E-state index contributed by atoms with van der Waals surface area (Å²) in [5, 5.41) is 11.1. The molecule has 2 saturated heterocycles. The third kappa shape index (κ3) is 3.77. The van der Waals surface area contributed by atoms with Gasteiger partial charge >= 0.3 is 0 Å². The highest BCUT2D eigenvalue weighted by molar-refractivity contribution is 5.63. The Kier molecular flexibility index (Phi) is 5.24. The predicted octanol–water partition coefficient (Wildman–Crippen LogP) is 2.90. The molecule has 0 saturated carbocycles. The summed E-state index contributed by atoms with van der Waals surface area (Å²) >= 11 is 0. The van der Waals surface area contributed by atoms with Crippen LogP contribution in [-0.2, 0) is 16.0 Å². The normalized spacial score (nSPS) is 22.4. The number of hydrogen-bond donors (Lipinski definition) is 2. The summed E-state index contributed by atoms with van der Waals surface area (Å²) in [5.41, 5.74) is 3.38. The van der Waals surface area contributed by atoms with Gasteiger partial charge in [0.05, 0.1) is 24.6 Å². The van der Waals surface area contributed by atoms with Crippen molar-refractivity contribution in [3.8, 4) is 17.0 Å². The highest BCUT2D eigenvalue weighted by atomic mass is 16.5. The first-order valence-electron chi connectivity index (χ1n) is 9.40. The van der Waals surface area contributed by atoms with Gasteiger partial charge in [-0.15, -0.1) is 0 Å². The highest BCUT2D eigenvalue weighted by Gasteiger charge is 2.38. The zero-order valence-corrected chi connectivity index (χ0v) is 15.3. The van der Waals surface area contributed by atoms with Crippen LogP contribution in [-0.4, -0.2) is 48.8 Å². The van der Waals surface area contributed by atoms with E-state index >= 15 is 0 Å². The van der Waals surface area contributed by atoms with Crippen molar-refractivity contribution in [2.45, 2.75) is 43.9 Å². The molecule has 1 spiro atoms. The largest absolute Gasteiger partial charge is 0.497 e. The van der Waals surface area contributed by atoms with Crippen LogP contribution in [0.3, 0.4) is 0 Å². The lowest BCUT2D eigenvalue weighted by molar-refractivity contribution is -0.140. The molecule has 2 aliphatic heterocycles. The Morgan fingerprint density at radius 3 is 2.81 bits per heavy atom. The van der Waals surface area contributed by atoms with E-state index in [0.29, 0.717) is 6.04 Å². The SMILES string of the molecule is COc1ccc(-c2[nH]ncc2CN[C@H]2CCOC3(CCOCC3)C2)cc1. The molecule has 2 aromatic rings. The van der Waals surface area contributed by atoms with Gasteiger partial charge in [0.25, 0.3) is 0 Å². The average molecular weight is 357 g/mol. The lowest BCUT2D eigenvalue weighted by atomic mass is 9.84. The van der Waals surface area contributed by atoms with Crippen LogP contribution < -0.4 is 10.1 Å². The second-order valence-electron chi connectivity index (χ2n) is 7.21. The summed E-state index contributed by atoms with van der Waals surface area (Å²) in [7, 11) is 1.68. The molecule has 0 aliphatic carbocycles. The minimum Gasteiger partial charge on any atom is -0.497 e. The first-order chi connectivity index (χ1) is 12.8. The molecule has 4 rings (SSSR count). The van der Waals surface area contributed by atoms with Gasteiger partial charge in [-0.3, -0.25) is 5.10 Å². The number of methoxy groups -OCH3 is 1. The Hall–Kier alpha value is -1.89. The standard InChI is InChI=1S/C20H27N3O3/c1-24-18-4-2-15(3-5-18)19-16(14-22-23-19)13-21-17-6-9-26-20(12-17)7-10-25-11-8-20/h2-5,14,17,21H,6-13H2,1H3,(H,22,23)/t17-/m0/s1. The van der Waals surface area contributed by atoms with E-state index in [1.165, 1.54) is 5.56 Å². The Balaban J connectivity index is 1.40. The number of aromatic nitrogens is 2. The molecule has 1 atom stereocenters. The second-order valence-corrected chi connectivity index (χ2v) is 7.21. The molecular weight excluding hydrogens is 330 g/mol. The van der Waals surface area contributed by atoms with Crippen molar-refractivity contribution in [1.29, 1.82) is 0 Å². The lowest BCUT2D eigenvalue weighted by Crippen LogP contribution is -2.49. The molecule has 3 heterocycles. The third-order valence-electron chi connectivity index (χ3n) is 5.57. The van der Waals surface area contributed by atoms with Crippen LogP contribution in [0.25, 0.3) is 11.3 Å². The molecule has 0 amide bonds. The number of H-pyrrole nitrogens is 1. The van der Waals surface area contributed by atoms with E-state index < -0.39 is 0 Å². The first-order valence-corrected chi connectivity index (χ1v) is 9.40. The van der Waals surface area contributed by atoms with Crippen LogP contribution in [0.5, 0.6) is 5.75 Å². The summed E-state index contributed by atoms with van der Waals surface area (Å²) in [6.45, 7) is 3.26. The van der Waals surface area contributed by atoms with Crippen LogP contribution in [0.1, 0.15) is 31.2 Å². The number of rotatable bonds is 5. The van der Waals surface area contributed by atoms with Gasteiger partial charge in [0.1, 0.15) is 5.75 Å². The van der Waals surface area contributed by atoms with Gasteiger partial charge in [0, 0.05) is 43.5 Å². The Morgan fingerprint density at radius 2 is 2.04 bits per heavy atom. The van der Waals surface area contributed by atoms with Crippen molar-refractivity contribution < 1.29 is 14.2 Å². The average Bonchev–Trinajstić information content (AvgIpc) is 3.16. The fourth-order valence-electron chi connectivity index (χ4n) is 4.00. The second kappa shape index (κ2) is 7.78. The molecule has 0 radical (unpaired) electrons. The first kappa shape index (κ1) is 17.5. The fraction of sp³-hybridized carbons (Fsp3) is 0.550. The van der Waals surface area contributed by atoms with Crippen molar-refractivity contribution in [2.75, 3.05) is 26.9 Å². The van der Waals surface area contributed by atoms with E-state index in [9.17, 15) is 0 Å². The fourth-order valence-corrected chi connectivity index (χ4v) is 4.00. The van der Waals surface area contributed by atoms with E-state index in [1.54, 1.807) is 7.11 Å². The zero-order chi connectivity index (χ0) is 17.8. The van der Waals surface area contributed by atoms with E-state index in [-0.39, 0.29) is 5.60 Å². The highest BCUT2D eigenvalue weighted by Crippen LogP contribution is 2.34. The molecule has 6 heteroatoms.